The van der Waals surface area contributed by atoms with E-state index in [4.69, 9.17) is 9.15 Å². The Morgan fingerprint density at radius 2 is 1.97 bits per heavy atom. The molecule has 0 aliphatic carbocycles. The van der Waals surface area contributed by atoms with E-state index >= 15 is 0 Å². The Morgan fingerprint density at radius 3 is 2.73 bits per heavy atom. The summed E-state index contributed by atoms with van der Waals surface area (Å²) in [6, 6.07) is 17.5. The number of rotatable bonds is 7. The van der Waals surface area contributed by atoms with Crippen LogP contribution in [0.1, 0.15) is 28.9 Å². The van der Waals surface area contributed by atoms with Gasteiger partial charge in [-0.3, -0.25) is 9.48 Å². The van der Waals surface area contributed by atoms with E-state index in [9.17, 15) is 4.79 Å². The van der Waals surface area contributed by atoms with Crippen molar-refractivity contribution in [3.8, 4) is 5.75 Å². The fourth-order valence-electron chi connectivity index (χ4n) is 3.17. The predicted molar refractivity (Wildman–Crippen MR) is 118 cm³/mol. The summed E-state index contributed by atoms with van der Waals surface area (Å²) in [6.07, 6.45) is 1.91. The van der Waals surface area contributed by atoms with Gasteiger partial charge in [-0.15, -0.1) is 0 Å². The van der Waals surface area contributed by atoms with Gasteiger partial charge < -0.3 is 14.1 Å². The van der Waals surface area contributed by atoms with Gasteiger partial charge in [0.25, 0.3) is 5.91 Å². The lowest BCUT2D eigenvalue weighted by Gasteiger charge is -2.14. The zero-order chi connectivity index (χ0) is 21.1. The third-order valence-corrected chi connectivity index (χ3v) is 5.48. The third-order valence-electron chi connectivity index (χ3n) is 4.82. The quantitative estimate of drug-likeness (QED) is 0.371. The van der Waals surface area contributed by atoms with Crippen LogP contribution in [0, 0.1) is 0 Å². The van der Waals surface area contributed by atoms with Gasteiger partial charge in [-0.1, -0.05) is 30.3 Å². The molecule has 154 valence electrons. The summed E-state index contributed by atoms with van der Waals surface area (Å²) in [7, 11) is 1.73. The Balaban J connectivity index is 1.38. The Hall–Kier alpha value is -3.06. The van der Waals surface area contributed by atoms with Gasteiger partial charge in [-0.2, -0.15) is 5.10 Å². The lowest BCUT2D eigenvalue weighted by Crippen LogP contribution is -2.26. The molecule has 0 saturated carbocycles. The third kappa shape index (κ3) is 4.41. The van der Waals surface area contributed by atoms with E-state index in [0.29, 0.717) is 12.3 Å². The highest BCUT2D eigenvalue weighted by atomic mass is 79.9. The summed E-state index contributed by atoms with van der Waals surface area (Å²) >= 11 is 3.49. The average Bonchev–Trinajstić information content (AvgIpc) is 3.38. The molecule has 0 saturated heterocycles. The van der Waals surface area contributed by atoms with Gasteiger partial charge >= 0.3 is 0 Å². The Morgan fingerprint density at radius 1 is 1.17 bits per heavy atom. The molecule has 1 amide bonds. The Labute approximate surface area is 183 Å². The molecule has 0 unspecified atom stereocenters. The molecule has 0 radical (unpaired) electrons. The summed E-state index contributed by atoms with van der Waals surface area (Å²) in [6.45, 7) is 3.43. The second kappa shape index (κ2) is 8.75. The lowest BCUT2D eigenvalue weighted by atomic mass is 10.1. The Kier molecular flexibility index (Phi) is 5.90. The van der Waals surface area contributed by atoms with Gasteiger partial charge in [0.2, 0.25) is 0 Å². The van der Waals surface area contributed by atoms with E-state index in [0.717, 1.165) is 33.2 Å². The van der Waals surface area contributed by atoms with Crippen molar-refractivity contribution in [2.45, 2.75) is 26.6 Å². The highest BCUT2D eigenvalue weighted by Gasteiger charge is 2.19. The lowest BCUT2D eigenvalue weighted by molar-refractivity contribution is 0.0747. The summed E-state index contributed by atoms with van der Waals surface area (Å²) in [5, 5.41) is 6.74. The van der Waals surface area contributed by atoms with Crippen LogP contribution in [0.5, 0.6) is 5.75 Å². The second-order valence-corrected chi connectivity index (χ2v) is 7.86. The van der Waals surface area contributed by atoms with Gasteiger partial charge in [-0.05, 0) is 57.9 Å². The molecule has 7 heteroatoms. The number of furan rings is 1. The number of hydrogen-bond donors (Lipinski definition) is 0. The van der Waals surface area contributed by atoms with Crippen LogP contribution < -0.4 is 4.74 Å². The normalized spacial score (nSPS) is 11.0. The molecule has 0 fully saturated rings. The second-order valence-electron chi connectivity index (χ2n) is 7.00. The van der Waals surface area contributed by atoms with Crippen LogP contribution in [0.4, 0.5) is 0 Å². The number of nitrogens with zero attached hydrogens (tertiary/aromatic N) is 3. The van der Waals surface area contributed by atoms with Crippen LogP contribution in [0.25, 0.3) is 10.8 Å². The molecule has 2 aromatic heterocycles. The molecule has 0 aliphatic heterocycles. The van der Waals surface area contributed by atoms with Crippen LogP contribution in [-0.4, -0.2) is 27.6 Å². The van der Waals surface area contributed by atoms with Crippen molar-refractivity contribution in [3.63, 3.8) is 0 Å². The van der Waals surface area contributed by atoms with E-state index in [2.05, 4.69) is 27.1 Å². The SMILES string of the molecule is CCn1cc(Br)c(CN(C)C(=O)c2ccc(COc3ccc4ccccc4c3)o2)n1. The maximum atomic E-state index is 12.7. The van der Waals surface area contributed by atoms with Crippen LogP contribution in [0.15, 0.2) is 69.7 Å². The molecule has 0 aliphatic rings. The zero-order valence-electron chi connectivity index (χ0n) is 16.8. The van der Waals surface area contributed by atoms with Crippen molar-refractivity contribution >= 4 is 32.6 Å². The summed E-state index contributed by atoms with van der Waals surface area (Å²) < 4.78 is 14.3. The van der Waals surface area contributed by atoms with E-state index in [1.807, 2.05) is 54.2 Å². The number of amides is 1. The largest absolute Gasteiger partial charge is 0.486 e. The summed E-state index contributed by atoms with van der Waals surface area (Å²) in [4.78, 5) is 14.3. The van der Waals surface area contributed by atoms with Crippen LogP contribution in [0.2, 0.25) is 0 Å². The maximum Gasteiger partial charge on any atom is 0.289 e. The molecule has 0 atom stereocenters. The minimum Gasteiger partial charge on any atom is -0.486 e. The van der Waals surface area contributed by atoms with Gasteiger partial charge in [-0.25, -0.2) is 0 Å². The number of carbonyl (C=O) groups is 1. The molecule has 0 spiro atoms. The number of carbonyl (C=O) groups excluding carboxylic acids is 1. The fourth-order valence-corrected chi connectivity index (χ4v) is 3.61. The minimum atomic E-state index is -0.204. The number of aromatic nitrogens is 2. The first-order valence-corrected chi connectivity index (χ1v) is 10.5. The molecule has 2 aromatic carbocycles. The molecular formula is C23H22BrN3O3. The van der Waals surface area contributed by atoms with Gasteiger partial charge in [0.1, 0.15) is 18.1 Å². The monoisotopic (exact) mass is 467 g/mol. The molecule has 2 heterocycles. The maximum absolute atomic E-state index is 12.7. The molecule has 4 rings (SSSR count). The summed E-state index contributed by atoms with van der Waals surface area (Å²) in [5.41, 5.74) is 0.805. The van der Waals surface area contributed by atoms with Gasteiger partial charge in [0.05, 0.1) is 16.7 Å². The Bertz CT molecular complexity index is 1180. The molecule has 4 aromatic rings. The number of ether oxygens (including phenoxy) is 1. The molecule has 0 bridgehead atoms. The van der Waals surface area contributed by atoms with Crippen LogP contribution >= 0.6 is 15.9 Å². The van der Waals surface area contributed by atoms with Crippen molar-refractivity contribution < 1.29 is 13.9 Å². The number of halogens is 1. The first-order chi connectivity index (χ1) is 14.5. The number of aryl methyl sites for hydroxylation is 1. The molecular weight excluding hydrogens is 446 g/mol. The van der Waals surface area contributed by atoms with Gasteiger partial charge in [0.15, 0.2) is 5.76 Å². The first kappa shape index (κ1) is 20.2. The number of benzene rings is 2. The van der Waals surface area contributed by atoms with Gasteiger partial charge in [0, 0.05) is 19.8 Å². The first-order valence-electron chi connectivity index (χ1n) is 9.71. The molecule has 30 heavy (non-hydrogen) atoms. The van der Waals surface area contributed by atoms with E-state index in [1.165, 1.54) is 0 Å². The average molecular weight is 468 g/mol. The molecule has 0 N–H and O–H groups in total. The molecule has 6 nitrogen and oxygen atoms in total. The fraction of sp³-hybridized carbons (Fsp3) is 0.217. The van der Waals surface area contributed by atoms with Crippen LogP contribution in [0.3, 0.4) is 0 Å². The highest BCUT2D eigenvalue weighted by Crippen LogP contribution is 2.22. The van der Waals surface area contributed by atoms with Crippen molar-refractivity contribution in [1.29, 1.82) is 0 Å². The van der Waals surface area contributed by atoms with Crippen LogP contribution in [-0.2, 0) is 19.7 Å². The predicted octanol–water partition coefficient (Wildman–Crippen LogP) is 5.26. The van der Waals surface area contributed by atoms with Crippen molar-refractivity contribution in [2.24, 2.45) is 0 Å². The van der Waals surface area contributed by atoms with Crippen molar-refractivity contribution in [3.05, 3.63) is 82.5 Å². The standard InChI is InChI=1S/C23H22BrN3O3/c1-3-27-13-20(24)21(25-27)14-26(2)23(28)22-11-10-19(30-22)15-29-18-9-8-16-6-4-5-7-17(16)12-18/h4-13H,3,14-15H2,1-2H3. The smallest absolute Gasteiger partial charge is 0.289 e. The van der Waals surface area contributed by atoms with E-state index in [1.54, 1.807) is 24.1 Å². The highest BCUT2D eigenvalue weighted by molar-refractivity contribution is 9.10. The number of hydrogen-bond acceptors (Lipinski definition) is 4. The number of fused-ring (bicyclic) bond motifs is 1. The summed E-state index contributed by atoms with van der Waals surface area (Å²) in [5.74, 6) is 1.42. The zero-order valence-corrected chi connectivity index (χ0v) is 18.4. The van der Waals surface area contributed by atoms with Crippen molar-refractivity contribution in [2.75, 3.05) is 7.05 Å². The minimum absolute atomic E-state index is 0.204. The van der Waals surface area contributed by atoms with Crippen molar-refractivity contribution in [1.82, 2.24) is 14.7 Å². The van der Waals surface area contributed by atoms with E-state index < -0.39 is 0 Å². The van der Waals surface area contributed by atoms with E-state index in [-0.39, 0.29) is 18.3 Å². The topological polar surface area (TPSA) is 60.5 Å².